The molecule has 21 heavy (non-hydrogen) atoms. The van der Waals surface area contributed by atoms with Crippen LogP contribution < -0.4 is 0 Å². The van der Waals surface area contributed by atoms with Gasteiger partial charge < -0.3 is 5.11 Å². The van der Waals surface area contributed by atoms with Gasteiger partial charge in [-0.05, 0) is 50.1 Å². The van der Waals surface area contributed by atoms with Crippen molar-refractivity contribution in [3.05, 3.63) is 33.8 Å². The van der Waals surface area contributed by atoms with E-state index < -0.39 is 11.4 Å². The van der Waals surface area contributed by atoms with Crippen LogP contribution in [0.2, 0.25) is 10.0 Å². The minimum absolute atomic E-state index is 0.0641. The van der Waals surface area contributed by atoms with E-state index in [9.17, 15) is 9.90 Å². The highest BCUT2D eigenvalue weighted by molar-refractivity contribution is 6.33. The molecule has 0 bridgehead atoms. The van der Waals surface area contributed by atoms with E-state index in [0.717, 1.165) is 24.9 Å². The molecule has 1 N–H and O–H groups in total. The number of nitrogens with zero attached hydrogens (tertiary/aromatic N) is 1. The molecule has 1 heterocycles. The Morgan fingerprint density at radius 2 is 2.19 bits per heavy atom. The van der Waals surface area contributed by atoms with Crippen LogP contribution in [-0.2, 0) is 4.79 Å². The fourth-order valence-electron chi connectivity index (χ4n) is 3.23. The number of aliphatic carboxylic acids is 1. The summed E-state index contributed by atoms with van der Waals surface area (Å²) in [5.41, 5.74) is 0.343. The second kappa shape index (κ2) is 6.55. The molecule has 2 unspecified atom stereocenters. The third-order valence-electron chi connectivity index (χ3n) is 4.52. The highest BCUT2D eigenvalue weighted by atomic mass is 35.5. The van der Waals surface area contributed by atoms with Crippen LogP contribution in [0, 0.1) is 5.41 Å². The second-order valence-electron chi connectivity index (χ2n) is 5.90. The van der Waals surface area contributed by atoms with Crippen LogP contribution >= 0.6 is 23.2 Å². The average Bonchev–Trinajstić information content (AvgIpc) is 2.87. The molecule has 1 fully saturated rings. The lowest BCUT2D eigenvalue weighted by atomic mass is 9.82. The number of carboxylic acids is 1. The zero-order valence-corrected chi connectivity index (χ0v) is 13.9. The number of hydrogen-bond acceptors (Lipinski definition) is 2. The van der Waals surface area contributed by atoms with E-state index in [4.69, 9.17) is 23.2 Å². The Morgan fingerprint density at radius 1 is 1.48 bits per heavy atom. The highest BCUT2D eigenvalue weighted by Gasteiger charge is 2.45. The Hall–Kier alpha value is -0.770. The molecule has 0 aliphatic carbocycles. The van der Waals surface area contributed by atoms with Crippen molar-refractivity contribution in [1.29, 1.82) is 0 Å². The van der Waals surface area contributed by atoms with Gasteiger partial charge in [-0.3, -0.25) is 9.69 Å². The molecule has 1 aliphatic heterocycles. The Bertz CT molecular complexity index is 535. The Kier molecular flexibility index (Phi) is 5.18. The summed E-state index contributed by atoms with van der Waals surface area (Å²) in [4.78, 5) is 13.9. The molecule has 1 saturated heterocycles. The molecule has 0 saturated carbocycles. The van der Waals surface area contributed by atoms with Crippen LogP contribution in [0.5, 0.6) is 0 Å². The minimum atomic E-state index is -0.684. The lowest BCUT2D eigenvalue weighted by Gasteiger charge is -2.28. The summed E-state index contributed by atoms with van der Waals surface area (Å²) < 4.78 is 0. The predicted octanol–water partition coefficient (Wildman–Crippen LogP) is 4.63. The summed E-state index contributed by atoms with van der Waals surface area (Å²) in [7, 11) is 0. The second-order valence-corrected chi connectivity index (χ2v) is 6.74. The van der Waals surface area contributed by atoms with E-state index in [2.05, 4.69) is 11.8 Å². The van der Waals surface area contributed by atoms with Gasteiger partial charge in [-0.25, -0.2) is 0 Å². The van der Waals surface area contributed by atoms with Crippen molar-refractivity contribution >= 4 is 29.2 Å². The molecule has 1 aromatic carbocycles. The van der Waals surface area contributed by atoms with Crippen LogP contribution in [-0.4, -0.2) is 29.1 Å². The van der Waals surface area contributed by atoms with Crippen LogP contribution in [0.4, 0.5) is 0 Å². The Morgan fingerprint density at radius 3 is 2.81 bits per heavy atom. The Labute approximate surface area is 135 Å². The summed E-state index contributed by atoms with van der Waals surface area (Å²) in [6.45, 7) is 5.43. The maximum Gasteiger partial charge on any atom is 0.310 e. The first-order valence-electron chi connectivity index (χ1n) is 7.32. The van der Waals surface area contributed by atoms with Crippen molar-refractivity contribution < 1.29 is 9.90 Å². The zero-order valence-electron chi connectivity index (χ0n) is 12.4. The first-order chi connectivity index (χ1) is 9.89. The van der Waals surface area contributed by atoms with E-state index in [1.807, 2.05) is 13.0 Å². The molecule has 0 aromatic heterocycles. The molecule has 2 rings (SSSR count). The van der Waals surface area contributed by atoms with Crippen LogP contribution in [0.3, 0.4) is 0 Å². The third kappa shape index (κ3) is 3.36. The van der Waals surface area contributed by atoms with E-state index in [1.54, 1.807) is 12.1 Å². The first-order valence-corrected chi connectivity index (χ1v) is 8.07. The molecular weight excluding hydrogens is 309 g/mol. The summed E-state index contributed by atoms with van der Waals surface area (Å²) in [6, 6.07) is 5.49. The smallest absolute Gasteiger partial charge is 0.310 e. The molecule has 1 aromatic rings. The number of rotatable bonds is 5. The summed E-state index contributed by atoms with van der Waals surface area (Å²) >= 11 is 12.3. The van der Waals surface area contributed by atoms with Crippen LogP contribution in [0.25, 0.3) is 0 Å². The monoisotopic (exact) mass is 329 g/mol. The third-order valence-corrected chi connectivity index (χ3v) is 5.10. The maximum atomic E-state index is 11.7. The lowest BCUT2D eigenvalue weighted by Crippen LogP contribution is -2.35. The normalized spacial score (nSPS) is 24.2. The molecular formula is C16H21Cl2NO2. The van der Waals surface area contributed by atoms with Gasteiger partial charge in [0.25, 0.3) is 0 Å². The van der Waals surface area contributed by atoms with Crippen molar-refractivity contribution in [2.75, 3.05) is 13.1 Å². The number of carboxylic acid groups (broad SMARTS) is 1. The standard InChI is InChI=1S/C16H21Cl2NO2/c1-3-6-16(15(20)21)7-8-19(10-16)11(2)13-9-12(17)4-5-14(13)18/h4-5,9,11H,3,6-8,10H2,1-2H3,(H,20,21). The van der Waals surface area contributed by atoms with E-state index in [1.165, 1.54) is 0 Å². The molecule has 5 heteroatoms. The lowest BCUT2D eigenvalue weighted by molar-refractivity contribution is -0.148. The van der Waals surface area contributed by atoms with Gasteiger partial charge in [-0.15, -0.1) is 0 Å². The molecule has 2 atom stereocenters. The van der Waals surface area contributed by atoms with Crippen molar-refractivity contribution in [1.82, 2.24) is 4.90 Å². The number of hydrogen-bond donors (Lipinski definition) is 1. The SMILES string of the molecule is CCCC1(C(=O)O)CCN(C(C)c2cc(Cl)ccc2Cl)C1. The van der Waals surface area contributed by atoms with E-state index in [0.29, 0.717) is 23.0 Å². The van der Waals surface area contributed by atoms with Gasteiger partial charge in [0.1, 0.15) is 0 Å². The number of halogens is 2. The van der Waals surface area contributed by atoms with E-state index >= 15 is 0 Å². The fraction of sp³-hybridized carbons (Fsp3) is 0.562. The molecule has 0 radical (unpaired) electrons. The van der Waals surface area contributed by atoms with Crippen molar-refractivity contribution in [2.24, 2.45) is 5.41 Å². The van der Waals surface area contributed by atoms with Gasteiger partial charge in [0.05, 0.1) is 5.41 Å². The fourth-order valence-corrected chi connectivity index (χ4v) is 3.69. The predicted molar refractivity (Wildman–Crippen MR) is 86.0 cm³/mol. The van der Waals surface area contributed by atoms with Crippen molar-refractivity contribution in [3.8, 4) is 0 Å². The quantitative estimate of drug-likeness (QED) is 0.856. The van der Waals surface area contributed by atoms with Gasteiger partial charge in [-0.1, -0.05) is 36.5 Å². The minimum Gasteiger partial charge on any atom is -0.481 e. The largest absolute Gasteiger partial charge is 0.481 e. The number of likely N-dealkylation sites (tertiary alicyclic amines) is 1. The van der Waals surface area contributed by atoms with Crippen molar-refractivity contribution in [2.45, 2.75) is 39.2 Å². The van der Waals surface area contributed by atoms with E-state index in [-0.39, 0.29) is 6.04 Å². The summed E-state index contributed by atoms with van der Waals surface area (Å²) in [5, 5.41) is 10.9. The topological polar surface area (TPSA) is 40.5 Å². The zero-order chi connectivity index (χ0) is 15.6. The average molecular weight is 330 g/mol. The molecule has 116 valence electrons. The van der Waals surface area contributed by atoms with Crippen molar-refractivity contribution in [3.63, 3.8) is 0 Å². The number of carbonyl (C=O) groups is 1. The number of benzene rings is 1. The maximum absolute atomic E-state index is 11.7. The Balaban J connectivity index is 2.20. The summed E-state index contributed by atoms with van der Waals surface area (Å²) in [5.74, 6) is -0.684. The highest BCUT2D eigenvalue weighted by Crippen LogP contribution is 2.40. The molecule has 3 nitrogen and oxygen atoms in total. The summed E-state index contributed by atoms with van der Waals surface area (Å²) in [6.07, 6.45) is 2.29. The molecule has 1 aliphatic rings. The molecule has 0 spiro atoms. The van der Waals surface area contributed by atoms with Gasteiger partial charge in [0, 0.05) is 22.6 Å². The first kappa shape index (κ1) is 16.6. The molecule has 0 amide bonds. The van der Waals surface area contributed by atoms with Gasteiger partial charge in [0.2, 0.25) is 0 Å². The van der Waals surface area contributed by atoms with Gasteiger partial charge in [-0.2, -0.15) is 0 Å². The van der Waals surface area contributed by atoms with Gasteiger partial charge >= 0.3 is 5.97 Å². The van der Waals surface area contributed by atoms with Crippen LogP contribution in [0.15, 0.2) is 18.2 Å². The van der Waals surface area contributed by atoms with Crippen LogP contribution in [0.1, 0.15) is 44.7 Å². The van der Waals surface area contributed by atoms with Gasteiger partial charge in [0.15, 0.2) is 0 Å².